The van der Waals surface area contributed by atoms with E-state index in [4.69, 9.17) is 18.9 Å². The Balaban J connectivity index is 2.14. The molecule has 1 unspecified atom stereocenters. The van der Waals surface area contributed by atoms with E-state index < -0.39 is 0 Å². The van der Waals surface area contributed by atoms with E-state index in [1.165, 1.54) is 0 Å². The first-order chi connectivity index (χ1) is 11.2. The number of rotatable bonds is 9. The summed E-state index contributed by atoms with van der Waals surface area (Å²) in [6.45, 7) is 0.918. The van der Waals surface area contributed by atoms with Crippen LogP contribution in [0, 0.1) is 0 Å². The number of halogens is 1. The van der Waals surface area contributed by atoms with Crippen LogP contribution in [0.1, 0.15) is 23.2 Å². The van der Waals surface area contributed by atoms with E-state index in [-0.39, 0.29) is 17.6 Å². The van der Waals surface area contributed by atoms with Gasteiger partial charge in [-0.15, -0.1) is 0 Å². The molecule has 1 aliphatic heterocycles. The maximum Gasteiger partial charge on any atom is 0.235 e. The molecule has 1 aromatic carbocycles. The molecule has 2 rings (SSSR count). The Kier molecular flexibility index (Phi) is 7.08. The Morgan fingerprint density at radius 1 is 1.30 bits per heavy atom. The number of hydrogen-bond donors (Lipinski definition) is 0. The van der Waals surface area contributed by atoms with E-state index in [1.54, 1.807) is 32.4 Å². The molecule has 0 radical (unpaired) electrons. The van der Waals surface area contributed by atoms with Crippen molar-refractivity contribution in [1.29, 1.82) is 0 Å². The molecule has 0 spiro atoms. The van der Waals surface area contributed by atoms with Gasteiger partial charge in [0.15, 0.2) is 5.76 Å². The van der Waals surface area contributed by atoms with Crippen LogP contribution >= 0.6 is 15.9 Å². The molecule has 0 aromatic heterocycles. The van der Waals surface area contributed by atoms with Crippen molar-refractivity contribution >= 4 is 21.7 Å². The van der Waals surface area contributed by atoms with Crippen LogP contribution in [0.3, 0.4) is 0 Å². The fraction of sp³-hybridized carbons (Fsp3) is 0.471. The fourth-order valence-corrected chi connectivity index (χ4v) is 2.63. The smallest absolute Gasteiger partial charge is 0.235 e. The monoisotopic (exact) mass is 384 g/mol. The van der Waals surface area contributed by atoms with Crippen LogP contribution in [-0.2, 0) is 9.47 Å². The summed E-state index contributed by atoms with van der Waals surface area (Å²) in [6.07, 6.45) is 3.25. The number of Topliss-reactive ketones (excluding diaryl/α,β-unsaturated/α-hetero) is 1. The van der Waals surface area contributed by atoms with Gasteiger partial charge < -0.3 is 18.9 Å². The van der Waals surface area contributed by atoms with E-state index in [1.807, 2.05) is 6.07 Å². The average Bonchev–Trinajstić information content (AvgIpc) is 2.88. The zero-order chi connectivity index (χ0) is 16.7. The predicted molar refractivity (Wildman–Crippen MR) is 90.7 cm³/mol. The third kappa shape index (κ3) is 4.56. The van der Waals surface area contributed by atoms with Crippen molar-refractivity contribution in [3.63, 3.8) is 0 Å². The van der Waals surface area contributed by atoms with Gasteiger partial charge in [0.1, 0.15) is 23.2 Å². The van der Waals surface area contributed by atoms with Gasteiger partial charge in [-0.1, -0.05) is 22.0 Å². The van der Waals surface area contributed by atoms with Crippen LogP contribution in [0.15, 0.2) is 30.0 Å². The molecular formula is C17H21BrO5. The highest BCUT2D eigenvalue weighted by molar-refractivity contribution is 9.09. The number of ether oxygens (including phenoxy) is 4. The summed E-state index contributed by atoms with van der Waals surface area (Å²) in [5.74, 6) is 1.15. The molecule has 126 valence electrons. The summed E-state index contributed by atoms with van der Waals surface area (Å²) in [4.78, 5) is 12.6. The largest absolute Gasteiger partial charge is 0.493 e. The van der Waals surface area contributed by atoms with Gasteiger partial charge in [-0.2, -0.15) is 0 Å². The van der Waals surface area contributed by atoms with Gasteiger partial charge in [0.25, 0.3) is 0 Å². The highest BCUT2D eigenvalue weighted by atomic mass is 79.9. The summed E-state index contributed by atoms with van der Waals surface area (Å²) >= 11 is 3.39. The van der Waals surface area contributed by atoms with Gasteiger partial charge in [0, 0.05) is 19.5 Å². The lowest BCUT2D eigenvalue weighted by Crippen LogP contribution is -2.16. The summed E-state index contributed by atoms with van der Waals surface area (Å²) in [6, 6.07) is 5.37. The first kappa shape index (κ1) is 18.0. The molecule has 0 bridgehead atoms. The van der Waals surface area contributed by atoms with E-state index in [9.17, 15) is 4.79 Å². The van der Waals surface area contributed by atoms with Gasteiger partial charge in [0.2, 0.25) is 5.78 Å². The molecule has 5 nitrogen and oxygen atoms in total. The first-order valence-corrected chi connectivity index (χ1v) is 8.61. The molecule has 6 heteroatoms. The summed E-state index contributed by atoms with van der Waals surface area (Å²) < 4.78 is 21.7. The van der Waals surface area contributed by atoms with Crippen molar-refractivity contribution < 1.29 is 23.7 Å². The number of benzene rings is 1. The number of carbonyl (C=O) groups is 1. The quantitative estimate of drug-likeness (QED) is 0.371. The number of fused-ring (bicyclic) bond motifs is 1. The van der Waals surface area contributed by atoms with Crippen LogP contribution < -0.4 is 9.47 Å². The molecular weight excluding hydrogens is 364 g/mol. The second kappa shape index (κ2) is 9.05. The highest BCUT2D eigenvalue weighted by Gasteiger charge is 2.31. The Labute approximate surface area is 144 Å². The number of allylic oxidation sites excluding steroid dienone is 1. The molecule has 1 aromatic rings. The number of methoxy groups -OCH3 is 2. The lowest BCUT2D eigenvalue weighted by molar-refractivity contribution is 0.0553. The second-order valence-corrected chi connectivity index (χ2v) is 5.86. The van der Waals surface area contributed by atoms with Crippen molar-refractivity contribution in [2.75, 3.05) is 32.8 Å². The van der Waals surface area contributed by atoms with Gasteiger partial charge in [-0.3, -0.25) is 4.79 Å². The van der Waals surface area contributed by atoms with E-state index >= 15 is 0 Å². The number of carbonyl (C=O) groups excluding carboxylic acids is 1. The zero-order valence-electron chi connectivity index (χ0n) is 13.3. The van der Waals surface area contributed by atoms with E-state index in [2.05, 4.69) is 15.9 Å². The predicted octanol–water partition coefficient (Wildman–Crippen LogP) is 3.36. The zero-order valence-corrected chi connectivity index (χ0v) is 14.9. The van der Waals surface area contributed by atoms with E-state index in [0.29, 0.717) is 30.3 Å². The third-order valence-corrected chi connectivity index (χ3v) is 3.98. The standard InChI is InChI=1S/C17H21BrO5/c1-20-11-12(21-2)10-15-17(19)16-13(22-9-4-3-8-18)6-5-7-14(16)23-15/h5-7,10,12H,3-4,8-9,11H2,1-2H3. The molecule has 0 aliphatic carbocycles. The minimum absolute atomic E-state index is 0.186. The Morgan fingerprint density at radius 3 is 2.83 bits per heavy atom. The van der Waals surface area contributed by atoms with Crippen LogP contribution in [0.2, 0.25) is 0 Å². The average molecular weight is 385 g/mol. The Hall–Kier alpha value is -1.37. The van der Waals surface area contributed by atoms with E-state index in [0.717, 1.165) is 18.2 Å². The third-order valence-electron chi connectivity index (χ3n) is 3.42. The van der Waals surface area contributed by atoms with Gasteiger partial charge in [0.05, 0.1) is 13.2 Å². The SMILES string of the molecule is COCC(C=C1Oc2cccc(OCCCCBr)c2C1=O)OC. The van der Waals surface area contributed by atoms with Crippen LogP contribution in [0.25, 0.3) is 0 Å². The van der Waals surface area contributed by atoms with Crippen molar-refractivity contribution in [2.45, 2.75) is 18.9 Å². The molecule has 0 saturated heterocycles. The topological polar surface area (TPSA) is 54.0 Å². The fourth-order valence-electron chi connectivity index (χ4n) is 2.23. The number of alkyl halides is 1. The second-order valence-electron chi connectivity index (χ2n) is 5.07. The number of unbranched alkanes of at least 4 members (excludes halogenated alkanes) is 1. The van der Waals surface area contributed by atoms with Crippen LogP contribution in [-0.4, -0.2) is 44.7 Å². The molecule has 0 fully saturated rings. The van der Waals surface area contributed by atoms with Crippen LogP contribution in [0.4, 0.5) is 0 Å². The van der Waals surface area contributed by atoms with Crippen LogP contribution in [0.5, 0.6) is 11.5 Å². The molecule has 1 aliphatic rings. The van der Waals surface area contributed by atoms with Crippen molar-refractivity contribution in [3.05, 3.63) is 35.6 Å². The highest BCUT2D eigenvalue weighted by Crippen LogP contribution is 2.37. The molecule has 1 heterocycles. The summed E-state index contributed by atoms with van der Waals surface area (Å²) in [7, 11) is 3.14. The van der Waals surface area contributed by atoms with Crippen molar-refractivity contribution in [2.24, 2.45) is 0 Å². The van der Waals surface area contributed by atoms with Gasteiger partial charge in [-0.05, 0) is 31.1 Å². The Morgan fingerprint density at radius 2 is 2.13 bits per heavy atom. The maximum absolute atomic E-state index is 12.6. The summed E-state index contributed by atoms with van der Waals surface area (Å²) in [5, 5.41) is 0.941. The van der Waals surface area contributed by atoms with Gasteiger partial charge >= 0.3 is 0 Å². The summed E-state index contributed by atoms with van der Waals surface area (Å²) in [5.41, 5.74) is 0.477. The van der Waals surface area contributed by atoms with Gasteiger partial charge in [-0.25, -0.2) is 0 Å². The minimum Gasteiger partial charge on any atom is -0.493 e. The molecule has 0 N–H and O–H groups in total. The lowest BCUT2D eigenvalue weighted by atomic mass is 10.1. The first-order valence-electron chi connectivity index (χ1n) is 7.49. The molecule has 1 atom stereocenters. The maximum atomic E-state index is 12.6. The molecule has 23 heavy (non-hydrogen) atoms. The van der Waals surface area contributed by atoms with Crippen molar-refractivity contribution in [1.82, 2.24) is 0 Å². The molecule has 0 amide bonds. The Bertz CT molecular complexity index is 570. The normalized spacial score (nSPS) is 16.3. The number of hydrogen-bond acceptors (Lipinski definition) is 5. The number of ketones is 1. The minimum atomic E-state index is -0.337. The lowest BCUT2D eigenvalue weighted by Gasteiger charge is -2.09. The molecule has 0 saturated carbocycles. The van der Waals surface area contributed by atoms with Crippen molar-refractivity contribution in [3.8, 4) is 11.5 Å².